The first kappa shape index (κ1) is 15.8. The molecule has 7 heteroatoms. The van der Waals surface area contributed by atoms with E-state index in [-0.39, 0.29) is 24.3 Å². The molecule has 0 radical (unpaired) electrons. The molecule has 0 unspecified atom stereocenters. The lowest BCUT2D eigenvalue weighted by Gasteiger charge is -2.13. The Kier molecular flexibility index (Phi) is 4.33. The van der Waals surface area contributed by atoms with Gasteiger partial charge in [0.2, 0.25) is 6.79 Å². The van der Waals surface area contributed by atoms with Gasteiger partial charge in [0.25, 0.3) is 11.6 Å². The van der Waals surface area contributed by atoms with Crippen molar-refractivity contribution in [3.8, 4) is 11.5 Å². The molecule has 3 rings (SSSR count). The van der Waals surface area contributed by atoms with Crippen LogP contribution in [0.4, 0.5) is 5.69 Å². The first-order chi connectivity index (χ1) is 11.5. The van der Waals surface area contributed by atoms with Crippen LogP contribution in [-0.2, 0) is 0 Å². The largest absolute Gasteiger partial charge is 0.454 e. The van der Waals surface area contributed by atoms with Gasteiger partial charge in [-0.05, 0) is 29.7 Å². The lowest BCUT2D eigenvalue weighted by molar-refractivity contribution is -0.384. The summed E-state index contributed by atoms with van der Waals surface area (Å²) in [6.07, 6.45) is 0. The molecule has 124 valence electrons. The van der Waals surface area contributed by atoms with Crippen LogP contribution in [0.25, 0.3) is 0 Å². The Morgan fingerprint density at radius 2 is 1.92 bits per heavy atom. The summed E-state index contributed by atoms with van der Waals surface area (Å²) in [5.74, 6) is 1.02. The number of carbonyl (C=O) groups excluding carboxylic acids is 1. The van der Waals surface area contributed by atoms with Crippen molar-refractivity contribution in [2.75, 3.05) is 13.3 Å². The van der Waals surface area contributed by atoms with Gasteiger partial charge in [0, 0.05) is 24.2 Å². The second-order valence-corrected chi connectivity index (χ2v) is 5.53. The van der Waals surface area contributed by atoms with Crippen LogP contribution in [0.2, 0.25) is 0 Å². The van der Waals surface area contributed by atoms with Crippen LogP contribution in [0.1, 0.15) is 28.8 Å². The molecule has 1 atom stereocenters. The Bertz CT molecular complexity index is 773. The number of nitrogens with zero attached hydrogens (tertiary/aromatic N) is 1. The fraction of sp³-hybridized carbons (Fsp3) is 0.235. The van der Waals surface area contributed by atoms with Crippen LogP contribution in [0, 0.1) is 10.1 Å². The lowest BCUT2D eigenvalue weighted by Crippen LogP contribution is -2.27. The second kappa shape index (κ2) is 6.57. The topological polar surface area (TPSA) is 90.7 Å². The van der Waals surface area contributed by atoms with Gasteiger partial charge in [0.15, 0.2) is 11.5 Å². The molecule has 0 spiro atoms. The normalized spacial score (nSPS) is 13.4. The van der Waals surface area contributed by atoms with Gasteiger partial charge in [-0.15, -0.1) is 0 Å². The van der Waals surface area contributed by atoms with E-state index in [0.29, 0.717) is 23.6 Å². The monoisotopic (exact) mass is 328 g/mol. The number of fused-ring (bicyclic) bond motifs is 1. The van der Waals surface area contributed by atoms with Gasteiger partial charge < -0.3 is 14.8 Å². The highest BCUT2D eigenvalue weighted by Gasteiger charge is 2.17. The van der Waals surface area contributed by atoms with Gasteiger partial charge in [0.05, 0.1) is 4.92 Å². The predicted molar refractivity (Wildman–Crippen MR) is 86.4 cm³/mol. The van der Waals surface area contributed by atoms with Crippen molar-refractivity contribution in [3.63, 3.8) is 0 Å². The number of carbonyl (C=O) groups is 1. The highest BCUT2D eigenvalue weighted by Crippen LogP contribution is 2.32. The summed E-state index contributed by atoms with van der Waals surface area (Å²) < 4.78 is 10.5. The number of non-ortho nitro benzene ring substituents is 1. The predicted octanol–water partition coefficient (Wildman–Crippen LogP) is 2.86. The van der Waals surface area contributed by atoms with E-state index in [1.54, 1.807) is 30.3 Å². The maximum Gasteiger partial charge on any atom is 0.269 e. The molecular formula is C17H16N2O5. The Morgan fingerprint density at radius 3 is 2.62 bits per heavy atom. The molecule has 1 amide bonds. The van der Waals surface area contributed by atoms with Gasteiger partial charge >= 0.3 is 0 Å². The Hall–Kier alpha value is -3.09. The minimum absolute atomic E-state index is 0.0313. The smallest absolute Gasteiger partial charge is 0.269 e. The summed E-state index contributed by atoms with van der Waals surface area (Å²) in [6.45, 7) is 2.53. The third kappa shape index (κ3) is 3.29. The summed E-state index contributed by atoms with van der Waals surface area (Å²) in [5, 5.41) is 13.5. The summed E-state index contributed by atoms with van der Waals surface area (Å²) in [5.41, 5.74) is 1.47. The molecule has 0 fully saturated rings. The molecule has 0 aliphatic carbocycles. The molecular weight excluding hydrogens is 312 g/mol. The lowest BCUT2D eigenvalue weighted by atomic mass is 10.0. The Balaban J connectivity index is 1.60. The van der Waals surface area contributed by atoms with Gasteiger partial charge in [-0.1, -0.05) is 19.1 Å². The minimum Gasteiger partial charge on any atom is -0.454 e. The third-order valence-corrected chi connectivity index (χ3v) is 3.88. The van der Waals surface area contributed by atoms with Crippen molar-refractivity contribution < 1.29 is 19.2 Å². The van der Waals surface area contributed by atoms with Crippen LogP contribution in [0.5, 0.6) is 11.5 Å². The molecule has 2 aromatic rings. The van der Waals surface area contributed by atoms with E-state index in [2.05, 4.69) is 5.32 Å². The fourth-order valence-corrected chi connectivity index (χ4v) is 2.43. The van der Waals surface area contributed by atoms with E-state index in [1.807, 2.05) is 6.92 Å². The van der Waals surface area contributed by atoms with E-state index in [0.717, 1.165) is 5.56 Å². The number of amides is 1. The average molecular weight is 328 g/mol. The standard InChI is InChI=1S/C17H16N2O5/c1-11(12-2-5-14(6-3-12)19(21)22)9-18-17(20)13-4-7-15-16(8-13)24-10-23-15/h2-8,11H,9-10H2,1H3,(H,18,20)/t11-/m1/s1. The number of hydrogen-bond acceptors (Lipinski definition) is 5. The van der Waals surface area contributed by atoms with Gasteiger partial charge in [-0.3, -0.25) is 14.9 Å². The molecule has 0 aromatic heterocycles. The SMILES string of the molecule is C[C@H](CNC(=O)c1ccc2c(c1)OCO2)c1ccc([N+](=O)[O-])cc1. The summed E-state index contributed by atoms with van der Waals surface area (Å²) >= 11 is 0. The quantitative estimate of drug-likeness (QED) is 0.673. The maximum atomic E-state index is 12.2. The number of rotatable bonds is 5. The zero-order valence-corrected chi connectivity index (χ0v) is 13.0. The number of nitro benzene ring substituents is 1. The Morgan fingerprint density at radius 1 is 1.21 bits per heavy atom. The van der Waals surface area contributed by atoms with E-state index < -0.39 is 4.92 Å². The van der Waals surface area contributed by atoms with E-state index >= 15 is 0 Å². The molecule has 0 bridgehead atoms. The molecule has 7 nitrogen and oxygen atoms in total. The van der Waals surface area contributed by atoms with Crippen LogP contribution in [0.15, 0.2) is 42.5 Å². The highest BCUT2D eigenvalue weighted by atomic mass is 16.7. The van der Waals surface area contributed by atoms with Crippen LogP contribution in [-0.4, -0.2) is 24.2 Å². The van der Waals surface area contributed by atoms with E-state index in [9.17, 15) is 14.9 Å². The van der Waals surface area contributed by atoms with Crippen LogP contribution < -0.4 is 14.8 Å². The van der Waals surface area contributed by atoms with Crippen molar-refractivity contribution in [1.29, 1.82) is 0 Å². The van der Waals surface area contributed by atoms with Crippen LogP contribution in [0.3, 0.4) is 0 Å². The number of benzene rings is 2. The van der Waals surface area contributed by atoms with Gasteiger partial charge in [-0.25, -0.2) is 0 Å². The summed E-state index contributed by atoms with van der Waals surface area (Å²) in [4.78, 5) is 22.5. The number of nitro groups is 1. The third-order valence-electron chi connectivity index (χ3n) is 3.88. The minimum atomic E-state index is -0.435. The maximum absolute atomic E-state index is 12.2. The molecule has 24 heavy (non-hydrogen) atoms. The average Bonchev–Trinajstić information content (AvgIpc) is 3.07. The molecule has 1 aliphatic rings. The zero-order chi connectivity index (χ0) is 17.1. The molecule has 0 saturated carbocycles. The van der Waals surface area contributed by atoms with Crippen molar-refractivity contribution in [1.82, 2.24) is 5.32 Å². The molecule has 1 aliphatic heterocycles. The summed E-state index contributed by atoms with van der Waals surface area (Å²) in [7, 11) is 0. The van der Waals surface area contributed by atoms with Crippen LogP contribution >= 0.6 is 0 Å². The van der Waals surface area contributed by atoms with Crippen molar-refractivity contribution in [2.24, 2.45) is 0 Å². The molecule has 0 saturated heterocycles. The van der Waals surface area contributed by atoms with Crippen molar-refractivity contribution in [2.45, 2.75) is 12.8 Å². The second-order valence-electron chi connectivity index (χ2n) is 5.53. The first-order valence-electron chi connectivity index (χ1n) is 7.47. The number of nitrogens with one attached hydrogen (secondary N) is 1. The number of ether oxygens (including phenoxy) is 2. The molecule has 2 aromatic carbocycles. The van der Waals surface area contributed by atoms with Gasteiger partial charge in [0.1, 0.15) is 0 Å². The highest BCUT2D eigenvalue weighted by molar-refractivity contribution is 5.94. The van der Waals surface area contributed by atoms with Crippen molar-refractivity contribution >= 4 is 11.6 Å². The summed E-state index contributed by atoms with van der Waals surface area (Å²) in [6, 6.07) is 11.4. The Labute approximate surface area is 138 Å². The van der Waals surface area contributed by atoms with Crippen molar-refractivity contribution in [3.05, 3.63) is 63.7 Å². The van der Waals surface area contributed by atoms with E-state index in [1.165, 1.54) is 12.1 Å². The fourth-order valence-electron chi connectivity index (χ4n) is 2.43. The van der Waals surface area contributed by atoms with E-state index in [4.69, 9.17) is 9.47 Å². The molecule has 1 N–H and O–H groups in total. The number of hydrogen-bond donors (Lipinski definition) is 1. The molecule has 1 heterocycles. The first-order valence-corrected chi connectivity index (χ1v) is 7.47. The van der Waals surface area contributed by atoms with Gasteiger partial charge in [-0.2, -0.15) is 0 Å². The zero-order valence-electron chi connectivity index (χ0n) is 13.0.